The van der Waals surface area contributed by atoms with Crippen molar-refractivity contribution in [1.82, 2.24) is 0 Å². The average Bonchev–Trinajstić information content (AvgIpc) is 2.33. The predicted molar refractivity (Wildman–Crippen MR) is 72.9 cm³/mol. The molecule has 0 aromatic heterocycles. The summed E-state index contributed by atoms with van der Waals surface area (Å²) in [6, 6.07) is 3.28. The number of halogens is 4. The van der Waals surface area contributed by atoms with Gasteiger partial charge in [0.05, 0.1) is 18.7 Å². The lowest BCUT2D eigenvalue weighted by atomic mass is 10.1. The molecule has 0 saturated carbocycles. The Balaban J connectivity index is 2.73. The van der Waals surface area contributed by atoms with Crippen LogP contribution >= 0.6 is 11.6 Å². The number of methoxy groups -OCH3 is 1. The molecule has 2 N–H and O–H groups in total. The molecular weight excluding hydrogens is 311 g/mol. The van der Waals surface area contributed by atoms with Gasteiger partial charge in [-0.1, -0.05) is 11.6 Å². The van der Waals surface area contributed by atoms with Crippen molar-refractivity contribution < 1.29 is 27.4 Å². The van der Waals surface area contributed by atoms with E-state index in [1.54, 1.807) is 12.1 Å². The topological polar surface area (TPSA) is 53.7 Å². The fraction of sp³-hybridized carbons (Fsp3) is 0.538. The summed E-state index contributed by atoms with van der Waals surface area (Å²) in [7, 11) is 1.42. The molecule has 1 atom stereocenters. The molecule has 0 spiro atoms. The molecule has 8 heteroatoms. The van der Waals surface area contributed by atoms with Gasteiger partial charge in [-0.05, 0) is 31.0 Å². The number of nitrogens with two attached hydrogens (primary N) is 1. The van der Waals surface area contributed by atoms with Crippen LogP contribution in [-0.2, 0) is 11.2 Å². The fourth-order valence-electron chi connectivity index (χ4n) is 1.70. The molecule has 0 saturated heterocycles. The molecule has 0 aliphatic rings. The molecule has 1 aromatic rings. The number of alkyl halides is 3. The van der Waals surface area contributed by atoms with E-state index in [9.17, 15) is 13.2 Å². The number of rotatable bonds is 7. The molecule has 1 aromatic carbocycles. The second-order valence-corrected chi connectivity index (χ2v) is 4.84. The number of hydrogen-bond acceptors (Lipinski definition) is 4. The molecule has 0 heterocycles. The monoisotopic (exact) mass is 327 g/mol. The van der Waals surface area contributed by atoms with Gasteiger partial charge in [0.15, 0.2) is 11.5 Å². The molecule has 0 fully saturated rings. The van der Waals surface area contributed by atoms with E-state index in [4.69, 9.17) is 26.8 Å². The summed E-state index contributed by atoms with van der Waals surface area (Å²) >= 11 is 6.06. The summed E-state index contributed by atoms with van der Waals surface area (Å²) in [4.78, 5) is 0. The van der Waals surface area contributed by atoms with Crippen molar-refractivity contribution >= 4 is 11.6 Å². The minimum absolute atomic E-state index is 0.0577. The Morgan fingerprint density at radius 1 is 1.29 bits per heavy atom. The first kappa shape index (κ1) is 17.9. The summed E-state index contributed by atoms with van der Waals surface area (Å²) < 4.78 is 49.5. The Bertz CT molecular complexity index is 467. The highest BCUT2D eigenvalue weighted by Crippen LogP contribution is 2.36. The van der Waals surface area contributed by atoms with Crippen molar-refractivity contribution in [3.8, 4) is 11.5 Å². The van der Waals surface area contributed by atoms with E-state index < -0.39 is 13.0 Å². The van der Waals surface area contributed by atoms with Crippen molar-refractivity contribution in [2.75, 3.05) is 20.3 Å². The minimum atomic E-state index is -4.68. The Kier molecular flexibility index (Phi) is 6.57. The van der Waals surface area contributed by atoms with Gasteiger partial charge in [0.1, 0.15) is 6.61 Å². The first-order valence-corrected chi connectivity index (χ1v) is 6.56. The first-order chi connectivity index (χ1) is 9.73. The lowest BCUT2D eigenvalue weighted by Crippen LogP contribution is -2.19. The Morgan fingerprint density at radius 3 is 2.48 bits per heavy atom. The fourth-order valence-corrected chi connectivity index (χ4v) is 1.99. The van der Waals surface area contributed by atoms with Crippen molar-refractivity contribution in [3.63, 3.8) is 0 Å². The Labute approximate surface area is 125 Å². The molecule has 0 radical (unpaired) electrons. The van der Waals surface area contributed by atoms with Crippen molar-refractivity contribution in [3.05, 3.63) is 22.7 Å². The Hall–Kier alpha value is -1.18. The van der Waals surface area contributed by atoms with Gasteiger partial charge in [0, 0.05) is 6.04 Å². The molecule has 120 valence electrons. The van der Waals surface area contributed by atoms with Gasteiger partial charge >= 0.3 is 6.36 Å². The van der Waals surface area contributed by atoms with Crippen LogP contribution in [0, 0.1) is 0 Å². The summed E-state index contributed by atoms with van der Waals surface area (Å²) in [5.41, 5.74) is 6.56. The van der Waals surface area contributed by atoms with Crippen LogP contribution < -0.4 is 15.2 Å². The summed E-state index contributed by atoms with van der Waals surface area (Å²) in [5, 5.41) is 0.247. The van der Waals surface area contributed by atoms with Crippen LogP contribution in [0.5, 0.6) is 11.5 Å². The van der Waals surface area contributed by atoms with Gasteiger partial charge < -0.3 is 15.2 Å². The second-order valence-electron chi connectivity index (χ2n) is 4.43. The van der Waals surface area contributed by atoms with Gasteiger partial charge in [-0.3, -0.25) is 4.74 Å². The van der Waals surface area contributed by atoms with Crippen LogP contribution in [0.4, 0.5) is 13.2 Å². The van der Waals surface area contributed by atoms with E-state index >= 15 is 0 Å². The highest BCUT2D eigenvalue weighted by Gasteiger charge is 2.28. The molecule has 1 rings (SSSR count). The molecule has 21 heavy (non-hydrogen) atoms. The van der Waals surface area contributed by atoms with Gasteiger partial charge in [-0.2, -0.15) is 0 Å². The third-order valence-electron chi connectivity index (χ3n) is 2.44. The van der Waals surface area contributed by atoms with E-state index in [1.165, 1.54) is 7.11 Å². The Morgan fingerprint density at radius 2 is 1.95 bits per heavy atom. The van der Waals surface area contributed by atoms with Gasteiger partial charge in [-0.15, -0.1) is 13.2 Å². The van der Waals surface area contributed by atoms with Crippen molar-refractivity contribution in [1.29, 1.82) is 0 Å². The van der Waals surface area contributed by atoms with E-state index in [0.29, 0.717) is 12.2 Å². The zero-order valence-corrected chi connectivity index (χ0v) is 12.4. The number of hydrogen-bond donors (Lipinski definition) is 1. The maximum atomic E-state index is 11.8. The lowest BCUT2D eigenvalue weighted by molar-refractivity contribution is -0.325. The standard InChI is InChI=1S/C13H17ClF3NO3/c1-8(18)5-9-6-10(14)12(11(7-9)19-2)20-3-4-21-13(15,16)17/h6-8H,3-5,18H2,1-2H3. The van der Waals surface area contributed by atoms with Gasteiger partial charge in [0.2, 0.25) is 0 Å². The zero-order chi connectivity index (χ0) is 16.0. The highest BCUT2D eigenvalue weighted by atomic mass is 35.5. The number of benzene rings is 1. The normalized spacial score (nSPS) is 13.1. The van der Waals surface area contributed by atoms with E-state index in [0.717, 1.165) is 5.56 Å². The third-order valence-corrected chi connectivity index (χ3v) is 2.72. The second kappa shape index (κ2) is 7.72. The molecule has 0 amide bonds. The van der Waals surface area contributed by atoms with E-state index in [2.05, 4.69) is 4.74 Å². The van der Waals surface area contributed by atoms with Crippen molar-refractivity contribution in [2.24, 2.45) is 5.73 Å². The summed E-state index contributed by atoms with van der Waals surface area (Å²) in [6.45, 7) is 0.909. The van der Waals surface area contributed by atoms with Crippen LogP contribution in [0.15, 0.2) is 12.1 Å². The molecule has 1 unspecified atom stereocenters. The van der Waals surface area contributed by atoms with Crippen LogP contribution in [0.2, 0.25) is 5.02 Å². The lowest BCUT2D eigenvalue weighted by Gasteiger charge is -2.15. The predicted octanol–water partition coefficient (Wildman–Crippen LogP) is 3.15. The van der Waals surface area contributed by atoms with Crippen LogP contribution in [-0.4, -0.2) is 32.7 Å². The quantitative estimate of drug-likeness (QED) is 0.782. The third kappa shape index (κ3) is 6.41. The highest BCUT2D eigenvalue weighted by molar-refractivity contribution is 6.32. The minimum Gasteiger partial charge on any atom is -0.493 e. The molecule has 0 aliphatic heterocycles. The van der Waals surface area contributed by atoms with Crippen molar-refractivity contribution in [2.45, 2.75) is 25.7 Å². The molecule has 0 aliphatic carbocycles. The average molecular weight is 328 g/mol. The van der Waals surface area contributed by atoms with E-state index in [1.807, 2.05) is 6.92 Å². The summed E-state index contributed by atoms with van der Waals surface area (Å²) in [5.74, 6) is 0.517. The SMILES string of the molecule is COc1cc(CC(C)N)cc(Cl)c1OCCOC(F)(F)F. The smallest absolute Gasteiger partial charge is 0.493 e. The van der Waals surface area contributed by atoms with E-state index in [-0.39, 0.29) is 23.4 Å². The molecule has 0 bridgehead atoms. The zero-order valence-electron chi connectivity index (χ0n) is 11.7. The van der Waals surface area contributed by atoms with Crippen LogP contribution in [0.25, 0.3) is 0 Å². The molecular formula is C13H17ClF3NO3. The first-order valence-electron chi connectivity index (χ1n) is 6.18. The summed E-state index contributed by atoms with van der Waals surface area (Å²) in [6.07, 6.45) is -4.09. The maximum absolute atomic E-state index is 11.8. The van der Waals surface area contributed by atoms with Crippen LogP contribution in [0.1, 0.15) is 12.5 Å². The van der Waals surface area contributed by atoms with Gasteiger partial charge in [0.25, 0.3) is 0 Å². The largest absolute Gasteiger partial charge is 0.522 e. The number of ether oxygens (including phenoxy) is 3. The molecule has 4 nitrogen and oxygen atoms in total. The van der Waals surface area contributed by atoms with Crippen LogP contribution in [0.3, 0.4) is 0 Å². The maximum Gasteiger partial charge on any atom is 0.522 e. The van der Waals surface area contributed by atoms with Gasteiger partial charge in [-0.25, -0.2) is 0 Å².